The Balaban J connectivity index is 2.39. The van der Waals surface area contributed by atoms with Crippen molar-refractivity contribution < 1.29 is 28.5 Å². The van der Waals surface area contributed by atoms with Crippen molar-refractivity contribution in [3.8, 4) is 11.5 Å². The molecule has 1 aromatic carbocycles. The van der Waals surface area contributed by atoms with Crippen molar-refractivity contribution in [1.82, 2.24) is 0 Å². The van der Waals surface area contributed by atoms with Gasteiger partial charge in [-0.15, -0.1) is 0 Å². The van der Waals surface area contributed by atoms with Gasteiger partial charge in [-0.3, -0.25) is 0 Å². The van der Waals surface area contributed by atoms with E-state index >= 15 is 0 Å². The maximum atomic E-state index is 11.7. The smallest absolute Gasteiger partial charge is 0.342 e. The molecule has 102 valence electrons. The molecular formula is C13H14O6. The van der Waals surface area contributed by atoms with Gasteiger partial charge in [0.15, 0.2) is 11.5 Å². The summed E-state index contributed by atoms with van der Waals surface area (Å²) < 4.78 is 20.3. The lowest BCUT2D eigenvalue weighted by molar-refractivity contribution is 0.0509. The highest BCUT2D eigenvalue weighted by Gasteiger charge is 2.29. The van der Waals surface area contributed by atoms with Crippen LogP contribution in [0.4, 0.5) is 0 Å². The standard InChI is InChI=1S/C13H14O6/c1-3-16-12(14)8-5-6-9(13(15)17-4-2)11-10(8)18-7-19-11/h5-6H,3-4,7H2,1-2H3. The molecule has 0 atom stereocenters. The van der Waals surface area contributed by atoms with Gasteiger partial charge in [0.25, 0.3) is 0 Å². The fraction of sp³-hybridized carbons (Fsp3) is 0.385. The SMILES string of the molecule is CCOC(=O)c1ccc(C(=O)OCC)c2c1OCO2. The van der Waals surface area contributed by atoms with Gasteiger partial charge in [-0.25, -0.2) is 9.59 Å². The molecule has 0 unspecified atom stereocenters. The van der Waals surface area contributed by atoms with E-state index in [0.717, 1.165) is 0 Å². The zero-order valence-corrected chi connectivity index (χ0v) is 10.7. The second kappa shape index (κ2) is 5.60. The average molecular weight is 266 g/mol. The molecule has 6 heteroatoms. The summed E-state index contributed by atoms with van der Waals surface area (Å²) in [6, 6.07) is 2.94. The predicted molar refractivity (Wildman–Crippen MR) is 64.5 cm³/mol. The van der Waals surface area contributed by atoms with Crippen LogP contribution in [0.2, 0.25) is 0 Å². The average Bonchev–Trinajstić information content (AvgIpc) is 2.87. The molecule has 1 aliphatic heterocycles. The summed E-state index contributed by atoms with van der Waals surface area (Å²) in [7, 11) is 0. The summed E-state index contributed by atoms with van der Waals surface area (Å²) in [6.45, 7) is 3.89. The van der Waals surface area contributed by atoms with Gasteiger partial charge in [0, 0.05) is 0 Å². The Kier molecular flexibility index (Phi) is 3.89. The third-order valence-electron chi connectivity index (χ3n) is 2.51. The minimum Gasteiger partial charge on any atom is -0.462 e. The molecule has 1 heterocycles. The molecule has 2 rings (SSSR count). The monoisotopic (exact) mass is 266 g/mol. The van der Waals surface area contributed by atoms with Crippen LogP contribution in [0.15, 0.2) is 12.1 Å². The first-order chi connectivity index (χ1) is 9.19. The summed E-state index contributed by atoms with van der Waals surface area (Å²) >= 11 is 0. The summed E-state index contributed by atoms with van der Waals surface area (Å²) in [6.07, 6.45) is 0. The van der Waals surface area contributed by atoms with E-state index in [2.05, 4.69) is 0 Å². The molecule has 0 fully saturated rings. The molecule has 1 aliphatic rings. The Hall–Kier alpha value is -2.24. The second-order valence-electron chi connectivity index (χ2n) is 3.67. The van der Waals surface area contributed by atoms with Gasteiger partial charge in [-0.2, -0.15) is 0 Å². The Bertz CT molecular complexity index is 463. The van der Waals surface area contributed by atoms with Crippen LogP contribution in [-0.2, 0) is 9.47 Å². The van der Waals surface area contributed by atoms with Gasteiger partial charge in [-0.1, -0.05) is 0 Å². The molecule has 0 saturated heterocycles. The normalized spacial score (nSPS) is 12.1. The van der Waals surface area contributed by atoms with Crippen LogP contribution >= 0.6 is 0 Å². The number of fused-ring (bicyclic) bond motifs is 1. The first-order valence-electron chi connectivity index (χ1n) is 5.95. The highest BCUT2D eigenvalue weighted by atomic mass is 16.7. The highest BCUT2D eigenvalue weighted by molar-refractivity contribution is 5.99. The summed E-state index contributed by atoms with van der Waals surface area (Å²) in [5.74, 6) is -0.577. The molecule has 0 aromatic heterocycles. The van der Waals surface area contributed by atoms with Crippen molar-refractivity contribution in [1.29, 1.82) is 0 Å². The maximum absolute atomic E-state index is 11.7. The number of esters is 2. The summed E-state index contributed by atoms with van der Waals surface area (Å²) in [4.78, 5) is 23.5. The highest BCUT2D eigenvalue weighted by Crippen LogP contribution is 2.39. The molecule has 0 amide bonds. The number of rotatable bonds is 4. The lowest BCUT2D eigenvalue weighted by Crippen LogP contribution is -2.09. The first kappa shape index (κ1) is 13.2. The minimum absolute atomic E-state index is 0.0435. The van der Waals surface area contributed by atoms with Gasteiger partial charge in [0.1, 0.15) is 11.1 Å². The fourth-order valence-electron chi connectivity index (χ4n) is 1.74. The van der Waals surface area contributed by atoms with E-state index < -0.39 is 11.9 Å². The largest absolute Gasteiger partial charge is 0.462 e. The van der Waals surface area contributed by atoms with E-state index in [1.807, 2.05) is 0 Å². The Morgan fingerprint density at radius 1 is 1.00 bits per heavy atom. The van der Waals surface area contributed by atoms with Gasteiger partial charge in [-0.05, 0) is 26.0 Å². The second-order valence-corrected chi connectivity index (χ2v) is 3.67. The number of benzene rings is 1. The number of carbonyl (C=O) groups excluding carboxylic acids is 2. The fourth-order valence-corrected chi connectivity index (χ4v) is 1.74. The zero-order chi connectivity index (χ0) is 13.8. The number of carbonyl (C=O) groups is 2. The quantitative estimate of drug-likeness (QED) is 0.773. The topological polar surface area (TPSA) is 71.1 Å². The van der Waals surface area contributed by atoms with Gasteiger partial charge in [0.05, 0.1) is 13.2 Å². The van der Waals surface area contributed by atoms with Gasteiger partial charge >= 0.3 is 11.9 Å². The van der Waals surface area contributed by atoms with Crippen LogP contribution in [0.5, 0.6) is 11.5 Å². The number of ether oxygens (including phenoxy) is 4. The van der Waals surface area contributed by atoms with Crippen molar-refractivity contribution in [3.05, 3.63) is 23.3 Å². The van der Waals surface area contributed by atoms with E-state index in [-0.39, 0.29) is 42.6 Å². The predicted octanol–water partition coefficient (Wildman–Crippen LogP) is 1.77. The molecule has 0 saturated carbocycles. The van der Waals surface area contributed by atoms with Crippen LogP contribution in [0.3, 0.4) is 0 Å². The van der Waals surface area contributed by atoms with Crippen LogP contribution in [0.25, 0.3) is 0 Å². The van der Waals surface area contributed by atoms with Crippen molar-refractivity contribution in [2.45, 2.75) is 13.8 Å². The molecule has 19 heavy (non-hydrogen) atoms. The molecule has 0 bridgehead atoms. The molecule has 0 spiro atoms. The van der Waals surface area contributed by atoms with E-state index in [9.17, 15) is 9.59 Å². The van der Waals surface area contributed by atoms with Crippen molar-refractivity contribution in [2.75, 3.05) is 20.0 Å². The van der Waals surface area contributed by atoms with Crippen LogP contribution in [-0.4, -0.2) is 31.9 Å². The van der Waals surface area contributed by atoms with Crippen molar-refractivity contribution in [2.24, 2.45) is 0 Å². The Morgan fingerprint density at radius 2 is 1.42 bits per heavy atom. The molecule has 0 N–H and O–H groups in total. The Labute approximate surface area is 110 Å². The molecule has 0 aliphatic carbocycles. The van der Waals surface area contributed by atoms with Gasteiger partial charge in [0.2, 0.25) is 6.79 Å². The lowest BCUT2D eigenvalue weighted by Gasteiger charge is -2.08. The van der Waals surface area contributed by atoms with E-state index in [4.69, 9.17) is 18.9 Å². The first-order valence-corrected chi connectivity index (χ1v) is 5.95. The zero-order valence-electron chi connectivity index (χ0n) is 10.7. The van der Waals surface area contributed by atoms with Crippen molar-refractivity contribution >= 4 is 11.9 Å². The van der Waals surface area contributed by atoms with Gasteiger partial charge < -0.3 is 18.9 Å². The van der Waals surface area contributed by atoms with Crippen molar-refractivity contribution in [3.63, 3.8) is 0 Å². The summed E-state index contributed by atoms with van der Waals surface area (Å²) in [5, 5.41) is 0. The Morgan fingerprint density at radius 3 is 1.79 bits per heavy atom. The third kappa shape index (κ3) is 2.47. The number of hydrogen-bond acceptors (Lipinski definition) is 6. The number of hydrogen-bond donors (Lipinski definition) is 0. The van der Waals surface area contributed by atoms with E-state index in [0.29, 0.717) is 0 Å². The van der Waals surface area contributed by atoms with Crippen LogP contribution in [0, 0.1) is 0 Å². The van der Waals surface area contributed by atoms with E-state index in [1.54, 1.807) is 13.8 Å². The minimum atomic E-state index is -0.514. The van der Waals surface area contributed by atoms with E-state index in [1.165, 1.54) is 12.1 Å². The van der Waals surface area contributed by atoms with Crippen LogP contribution < -0.4 is 9.47 Å². The lowest BCUT2D eigenvalue weighted by atomic mass is 10.1. The van der Waals surface area contributed by atoms with Crippen LogP contribution in [0.1, 0.15) is 34.6 Å². The molecule has 0 radical (unpaired) electrons. The maximum Gasteiger partial charge on any atom is 0.342 e. The third-order valence-corrected chi connectivity index (χ3v) is 2.51. The molecule has 6 nitrogen and oxygen atoms in total. The molecular weight excluding hydrogens is 252 g/mol. The summed E-state index contributed by atoms with van der Waals surface area (Å²) in [5.41, 5.74) is 0.477. The molecule has 1 aromatic rings.